The molecule has 0 saturated carbocycles. The fourth-order valence-corrected chi connectivity index (χ4v) is 3.08. The van der Waals surface area contributed by atoms with Gasteiger partial charge >= 0.3 is 0 Å². The second kappa shape index (κ2) is 4.75. The van der Waals surface area contributed by atoms with Gasteiger partial charge in [-0.2, -0.15) is 8.42 Å². The van der Waals surface area contributed by atoms with Crippen LogP contribution in [0, 0.1) is 0 Å². The topological polar surface area (TPSA) is 101 Å². The number of ketones is 2. The second-order valence-corrected chi connectivity index (χ2v) is 6.24. The number of fused-ring (bicyclic) bond motifs is 2. The van der Waals surface area contributed by atoms with Crippen molar-refractivity contribution in [3.63, 3.8) is 0 Å². The van der Waals surface area contributed by atoms with Crippen molar-refractivity contribution in [3.8, 4) is 0 Å². The van der Waals surface area contributed by atoms with Gasteiger partial charge in [-0.25, -0.2) is 0 Å². The van der Waals surface area contributed by atoms with Gasteiger partial charge in [-0.3, -0.25) is 14.1 Å². The third kappa shape index (κ3) is 2.02. The Labute approximate surface area is 126 Å². The zero-order valence-electron chi connectivity index (χ0n) is 11.5. The van der Waals surface area contributed by atoms with Crippen LogP contribution in [0.25, 0.3) is 0 Å². The number of rotatable bonds is 2. The van der Waals surface area contributed by atoms with Gasteiger partial charge in [0.25, 0.3) is 10.1 Å². The first-order valence-corrected chi connectivity index (χ1v) is 7.80. The smallest absolute Gasteiger partial charge is 0.294 e. The first-order chi connectivity index (χ1) is 10.3. The van der Waals surface area contributed by atoms with Crippen LogP contribution in [0.5, 0.6) is 0 Å². The van der Waals surface area contributed by atoms with Crippen LogP contribution in [0.2, 0.25) is 0 Å². The number of nitrogens with one attached hydrogen (secondary N) is 1. The van der Waals surface area contributed by atoms with E-state index in [0.29, 0.717) is 0 Å². The van der Waals surface area contributed by atoms with Gasteiger partial charge in [0.15, 0.2) is 11.6 Å². The van der Waals surface area contributed by atoms with Gasteiger partial charge in [0.05, 0.1) is 10.5 Å². The zero-order valence-corrected chi connectivity index (χ0v) is 12.3. The van der Waals surface area contributed by atoms with E-state index in [-0.39, 0.29) is 33.7 Å². The standard InChI is InChI=1S/C15H11NO5S/c1-16-12-7-8(22(19,20)21)6-11-13(12)15(18)10-5-3-2-4-9(10)14(11)17/h2-7,16H,1H3,(H,19,20,21). The van der Waals surface area contributed by atoms with Crippen molar-refractivity contribution in [2.24, 2.45) is 0 Å². The molecule has 0 aliphatic heterocycles. The van der Waals surface area contributed by atoms with Crippen LogP contribution < -0.4 is 5.32 Å². The van der Waals surface area contributed by atoms with Gasteiger partial charge in [-0.05, 0) is 12.1 Å². The van der Waals surface area contributed by atoms with E-state index in [1.165, 1.54) is 13.1 Å². The molecular weight excluding hydrogens is 306 g/mol. The normalized spacial score (nSPS) is 13.5. The fourth-order valence-electron chi connectivity index (χ4n) is 2.54. The number of carbonyl (C=O) groups excluding carboxylic acids is 2. The van der Waals surface area contributed by atoms with E-state index in [2.05, 4.69) is 5.32 Å². The van der Waals surface area contributed by atoms with Crippen molar-refractivity contribution < 1.29 is 22.6 Å². The van der Waals surface area contributed by atoms with Gasteiger partial charge < -0.3 is 5.32 Å². The molecule has 1 aliphatic carbocycles. The van der Waals surface area contributed by atoms with Crippen LogP contribution in [0.15, 0.2) is 41.3 Å². The Morgan fingerprint density at radius 1 is 0.955 bits per heavy atom. The molecule has 0 radical (unpaired) electrons. The lowest BCUT2D eigenvalue weighted by Crippen LogP contribution is -2.23. The lowest BCUT2D eigenvalue weighted by molar-refractivity contribution is 0.0979. The molecule has 0 unspecified atom stereocenters. The largest absolute Gasteiger partial charge is 0.387 e. The van der Waals surface area contributed by atoms with Crippen molar-refractivity contribution in [2.75, 3.05) is 12.4 Å². The molecule has 0 fully saturated rings. The summed E-state index contributed by atoms with van der Waals surface area (Å²) in [6.45, 7) is 0. The van der Waals surface area contributed by atoms with Crippen LogP contribution in [-0.4, -0.2) is 31.6 Å². The van der Waals surface area contributed by atoms with Gasteiger partial charge in [0.1, 0.15) is 0 Å². The molecule has 1 aliphatic rings. The van der Waals surface area contributed by atoms with Crippen LogP contribution >= 0.6 is 0 Å². The Morgan fingerprint density at radius 3 is 2.09 bits per heavy atom. The third-order valence-electron chi connectivity index (χ3n) is 3.57. The summed E-state index contributed by atoms with van der Waals surface area (Å²) in [7, 11) is -2.99. The minimum absolute atomic E-state index is 0.0387. The molecule has 112 valence electrons. The highest BCUT2D eigenvalue weighted by molar-refractivity contribution is 7.85. The van der Waals surface area contributed by atoms with Crippen molar-refractivity contribution in [3.05, 3.63) is 58.7 Å². The third-order valence-corrected chi connectivity index (χ3v) is 4.40. The lowest BCUT2D eigenvalue weighted by Gasteiger charge is -2.20. The number of carbonyl (C=O) groups is 2. The summed E-state index contributed by atoms with van der Waals surface area (Å²) >= 11 is 0. The Kier molecular flexibility index (Phi) is 3.12. The van der Waals surface area contributed by atoms with Crippen LogP contribution in [0.3, 0.4) is 0 Å². The van der Waals surface area contributed by atoms with E-state index in [1.807, 2.05) is 0 Å². The molecule has 0 bridgehead atoms. The Hall–Kier alpha value is -2.51. The van der Waals surface area contributed by atoms with E-state index in [9.17, 15) is 22.6 Å². The lowest BCUT2D eigenvalue weighted by atomic mass is 9.83. The Balaban J connectivity index is 2.37. The van der Waals surface area contributed by atoms with Crippen LogP contribution in [0.1, 0.15) is 31.8 Å². The molecule has 3 rings (SSSR count). The highest BCUT2D eigenvalue weighted by atomic mass is 32.2. The van der Waals surface area contributed by atoms with Gasteiger partial charge in [0, 0.05) is 29.4 Å². The summed E-state index contributed by atoms with van der Waals surface area (Å²) in [6, 6.07) is 8.50. The highest BCUT2D eigenvalue weighted by Gasteiger charge is 2.33. The highest BCUT2D eigenvalue weighted by Crippen LogP contribution is 2.34. The SMILES string of the molecule is CNc1cc(S(=O)(=O)O)cc2c1C(=O)c1ccccc1C2=O. The summed E-state index contributed by atoms with van der Waals surface area (Å²) in [5, 5.41) is 2.70. The summed E-state index contributed by atoms with van der Waals surface area (Å²) in [5.41, 5.74) is 0.741. The molecule has 2 aromatic carbocycles. The van der Waals surface area contributed by atoms with Gasteiger partial charge in [-0.15, -0.1) is 0 Å². The first kappa shape index (κ1) is 14.4. The molecule has 22 heavy (non-hydrogen) atoms. The molecule has 2 aromatic rings. The maximum absolute atomic E-state index is 12.6. The molecule has 0 aromatic heterocycles. The predicted molar refractivity (Wildman–Crippen MR) is 79.1 cm³/mol. The number of anilines is 1. The number of benzene rings is 2. The maximum Gasteiger partial charge on any atom is 0.294 e. The Bertz CT molecular complexity index is 931. The zero-order chi connectivity index (χ0) is 16.1. The number of hydrogen-bond donors (Lipinski definition) is 2. The van der Waals surface area contributed by atoms with E-state index in [1.54, 1.807) is 18.2 Å². The van der Waals surface area contributed by atoms with Gasteiger partial charge in [-0.1, -0.05) is 24.3 Å². The molecule has 6 nitrogen and oxygen atoms in total. The molecule has 7 heteroatoms. The molecule has 0 saturated heterocycles. The summed E-state index contributed by atoms with van der Waals surface area (Å²) in [6.07, 6.45) is 0. The van der Waals surface area contributed by atoms with E-state index < -0.39 is 20.8 Å². The van der Waals surface area contributed by atoms with Gasteiger partial charge in [0.2, 0.25) is 0 Å². The minimum atomic E-state index is -4.49. The van der Waals surface area contributed by atoms with E-state index in [4.69, 9.17) is 0 Å². The fraction of sp³-hybridized carbons (Fsp3) is 0.0667. The average molecular weight is 317 g/mol. The van der Waals surface area contributed by atoms with Crippen molar-refractivity contribution >= 4 is 27.4 Å². The first-order valence-electron chi connectivity index (χ1n) is 6.36. The van der Waals surface area contributed by atoms with Crippen LogP contribution in [0.4, 0.5) is 5.69 Å². The Morgan fingerprint density at radius 2 is 1.55 bits per heavy atom. The predicted octanol–water partition coefficient (Wildman–Crippen LogP) is 1.75. The minimum Gasteiger partial charge on any atom is -0.387 e. The number of hydrogen-bond acceptors (Lipinski definition) is 5. The summed E-state index contributed by atoms with van der Waals surface area (Å²) in [5.74, 6) is -0.816. The molecular formula is C15H11NO5S. The van der Waals surface area contributed by atoms with Crippen molar-refractivity contribution in [1.29, 1.82) is 0 Å². The quantitative estimate of drug-likeness (QED) is 0.698. The second-order valence-electron chi connectivity index (χ2n) is 4.82. The molecule has 0 spiro atoms. The van der Waals surface area contributed by atoms with E-state index in [0.717, 1.165) is 12.1 Å². The molecule has 2 N–H and O–H groups in total. The molecule has 0 heterocycles. The van der Waals surface area contributed by atoms with Crippen molar-refractivity contribution in [2.45, 2.75) is 4.90 Å². The van der Waals surface area contributed by atoms with Crippen molar-refractivity contribution in [1.82, 2.24) is 0 Å². The summed E-state index contributed by atoms with van der Waals surface area (Å²) < 4.78 is 31.9. The average Bonchev–Trinajstić information content (AvgIpc) is 2.50. The van der Waals surface area contributed by atoms with Crippen LogP contribution in [-0.2, 0) is 10.1 Å². The maximum atomic E-state index is 12.6. The monoisotopic (exact) mass is 317 g/mol. The van der Waals surface area contributed by atoms with E-state index >= 15 is 0 Å². The summed E-state index contributed by atoms with van der Waals surface area (Å²) in [4.78, 5) is 24.7. The molecule has 0 atom stereocenters. The molecule has 0 amide bonds.